The number of rotatable bonds is 2. The molecule has 96 valence electrons. The van der Waals surface area contributed by atoms with E-state index in [4.69, 9.17) is 5.11 Å². The highest BCUT2D eigenvalue weighted by atomic mass is 19.1. The van der Waals surface area contributed by atoms with Gasteiger partial charge in [0.15, 0.2) is 0 Å². The van der Waals surface area contributed by atoms with Crippen LogP contribution in [0.2, 0.25) is 0 Å². The highest BCUT2D eigenvalue weighted by molar-refractivity contribution is 5.96. The first-order valence-corrected chi connectivity index (χ1v) is 5.89. The van der Waals surface area contributed by atoms with Crippen molar-refractivity contribution in [1.29, 1.82) is 0 Å². The van der Waals surface area contributed by atoms with Gasteiger partial charge < -0.3 is 10.0 Å². The van der Waals surface area contributed by atoms with Crippen LogP contribution >= 0.6 is 0 Å². The standard InChI is InChI=1S/C13H14FNO3/c14-10-6-4-9(5-7-10)12(16)15-8-2-1-3-11(15)13(17)18/h4-7,11H,1-3,8H2,(H,17,18). The lowest BCUT2D eigenvalue weighted by atomic mass is 10.0. The Balaban J connectivity index is 2.20. The van der Waals surface area contributed by atoms with E-state index in [1.807, 2.05) is 0 Å². The van der Waals surface area contributed by atoms with E-state index in [-0.39, 0.29) is 5.91 Å². The van der Waals surface area contributed by atoms with Crippen LogP contribution in [0.4, 0.5) is 4.39 Å². The number of carbonyl (C=O) groups excluding carboxylic acids is 1. The van der Waals surface area contributed by atoms with Crippen LogP contribution < -0.4 is 0 Å². The Labute approximate surface area is 104 Å². The van der Waals surface area contributed by atoms with Crippen molar-refractivity contribution in [2.45, 2.75) is 25.3 Å². The zero-order valence-electron chi connectivity index (χ0n) is 9.80. The number of amides is 1. The average Bonchev–Trinajstić information content (AvgIpc) is 2.39. The normalized spacial score (nSPS) is 19.6. The number of nitrogens with zero attached hydrogens (tertiary/aromatic N) is 1. The molecule has 0 radical (unpaired) electrons. The third-order valence-electron chi connectivity index (χ3n) is 3.14. The molecule has 1 saturated heterocycles. The van der Waals surface area contributed by atoms with Crippen molar-refractivity contribution in [2.75, 3.05) is 6.54 Å². The molecule has 18 heavy (non-hydrogen) atoms. The molecule has 0 saturated carbocycles. The fraction of sp³-hybridized carbons (Fsp3) is 0.385. The van der Waals surface area contributed by atoms with E-state index in [2.05, 4.69) is 0 Å². The molecule has 0 spiro atoms. The molecule has 1 atom stereocenters. The minimum atomic E-state index is -0.981. The number of carboxylic acids is 1. The predicted molar refractivity (Wildman–Crippen MR) is 62.7 cm³/mol. The van der Waals surface area contributed by atoms with Crippen molar-refractivity contribution in [3.63, 3.8) is 0 Å². The molecule has 1 aromatic rings. The van der Waals surface area contributed by atoms with Crippen molar-refractivity contribution in [1.82, 2.24) is 4.90 Å². The van der Waals surface area contributed by atoms with E-state index in [0.717, 1.165) is 12.8 Å². The summed E-state index contributed by atoms with van der Waals surface area (Å²) in [5, 5.41) is 9.09. The number of carboxylic acid groups (broad SMARTS) is 1. The van der Waals surface area contributed by atoms with Crippen molar-refractivity contribution in [3.05, 3.63) is 35.6 Å². The van der Waals surface area contributed by atoms with Crippen LogP contribution in [0, 0.1) is 5.82 Å². The summed E-state index contributed by atoms with van der Waals surface area (Å²) in [6.07, 6.45) is 2.09. The SMILES string of the molecule is O=C(O)C1CCCCN1C(=O)c1ccc(F)cc1. The lowest BCUT2D eigenvalue weighted by Crippen LogP contribution is -2.47. The molecule has 0 aromatic heterocycles. The van der Waals surface area contributed by atoms with Crippen LogP contribution in [0.25, 0.3) is 0 Å². The van der Waals surface area contributed by atoms with Crippen molar-refractivity contribution >= 4 is 11.9 Å². The first kappa shape index (κ1) is 12.5. The summed E-state index contributed by atoms with van der Waals surface area (Å²) in [5.74, 6) is -1.74. The number of hydrogen-bond acceptors (Lipinski definition) is 2. The van der Waals surface area contributed by atoms with Crippen LogP contribution in [0.3, 0.4) is 0 Å². The minimum absolute atomic E-state index is 0.324. The molecule has 5 heteroatoms. The van der Waals surface area contributed by atoms with Gasteiger partial charge in [0.1, 0.15) is 11.9 Å². The van der Waals surface area contributed by atoms with Gasteiger partial charge in [-0.2, -0.15) is 0 Å². The maximum Gasteiger partial charge on any atom is 0.326 e. The van der Waals surface area contributed by atoms with Gasteiger partial charge in [0, 0.05) is 12.1 Å². The van der Waals surface area contributed by atoms with Crippen molar-refractivity contribution in [3.8, 4) is 0 Å². The number of likely N-dealkylation sites (tertiary alicyclic amines) is 1. The number of benzene rings is 1. The smallest absolute Gasteiger partial charge is 0.326 e. The maximum atomic E-state index is 12.8. The summed E-state index contributed by atoms with van der Waals surface area (Å²) in [6, 6.07) is 4.40. The summed E-state index contributed by atoms with van der Waals surface area (Å²) in [7, 11) is 0. The van der Waals surface area contributed by atoms with Gasteiger partial charge in [-0.3, -0.25) is 4.79 Å². The van der Waals surface area contributed by atoms with Gasteiger partial charge in [0.25, 0.3) is 5.91 Å². The Morgan fingerprint density at radius 1 is 1.22 bits per heavy atom. The first-order valence-electron chi connectivity index (χ1n) is 5.89. The van der Waals surface area contributed by atoms with Gasteiger partial charge in [-0.1, -0.05) is 0 Å². The lowest BCUT2D eigenvalue weighted by Gasteiger charge is -2.33. The van der Waals surface area contributed by atoms with Crippen molar-refractivity contribution in [2.24, 2.45) is 0 Å². The van der Waals surface area contributed by atoms with Crippen LogP contribution in [0.5, 0.6) is 0 Å². The Hall–Kier alpha value is -1.91. The van der Waals surface area contributed by atoms with E-state index in [1.165, 1.54) is 29.2 Å². The molecule has 1 heterocycles. The molecule has 1 N–H and O–H groups in total. The fourth-order valence-corrected chi connectivity index (χ4v) is 2.19. The lowest BCUT2D eigenvalue weighted by molar-refractivity contribution is -0.143. The molecule has 1 aromatic carbocycles. The van der Waals surface area contributed by atoms with E-state index in [9.17, 15) is 14.0 Å². The molecular weight excluding hydrogens is 237 g/mol. The van der Waals surface area contributed by atoms with Gasteiger partial charge in [-0.25, -0.2) is 9.18 Å². The van der Waals surface area contributed by atoms with Gasteiger partial charge in [0.2, 0.25) is 0 Å². The highest BCUT2D eigenvalue weighted by Crippen LogP contribution is 2.20. The first-order chi connectivity index (χ1) is 8.59. The zero-order chi connectivity index (χ0) is 13.1. The topological polar surface area (TPSA) is 57.6 Å². The largest absolute Gasteiger partial charge is 0.480 e. The van der Waals surface area contributed by atoms with E-state index < -0.39 is 17.8 Å². The van der Waals surface area contributed by atoms with Gasteiger partial charge in [-0.15, -0.1) is 0 Å². The predicted octanol–water partition coefficient (Wildman–Crippen LogP) is 1.91. The Bertz CT molecular complexity index is 458. The van der Waals surface area contributed by atoms with E-state index in [1.54, 1.807) is 0 Å². The van der Waals surface area contributed by atoms with Crippen LogP contribution in [0.1, 0.15) is 29.6 Å². The second-order valence-electron chi connectivity index (χ2n) is 4.36. The monoisotopic (exact) mass is 251 g/mol. The average molecular weight is 251 g/mol. The molecule has 1 amide bonds. The number of halogens is 1. The number of hydrogen-bond donors (Lipinski definition) is 1. The number of aliphatic carboxylic acids is 1. The molecule has 1 aliphatic heterocycles. The van der Waals surface area contributed by atoms with E-state index >= 15 is 0 Å². The maximum absolute atomic E-state index is 12.8. The minimum Gasteiger partial charge on any atom is -0.480 e. The third-order valence-corrected chi connectivity index (χ3v) is 3.14. The second-order valence-corrected chi connectivity index (χ2v) is 4.36. The molecule has 0 bridgehead atoms. The van der Waals surface area contributed by atoms with Gasteiger partial charge in [-0.05, 0) is 43.5 Å². The highest BCUT2D eigenvalue weighted by Gasteiger charge is 2.32. The molecule has 1 unspecified atom stereocenters. The molecule has 2 rings (SSSR count). The molecular formula is C13H14FNO3. The number of piperidine rings is 1. The van der Waals surface area contributed by atoms with Crippen LogP contribution in [-0.2, 0) is 4.79 Å². The third kappa shape index (κ3) is 2.50. The van der Waals surface area contributed by atoms with Gasteiger partial charge >= 0.3 is 5.97 Å². The molecule has 0 aliphatic carbocycles. The summed E-state index contributed by atoms with van der Waals surface area (Å²) >= 11 is 0. The summed E-state index contributed by atoms with van der Waals surface area (Å²) in [4.78, 5) is 24.6. The Kier molecular flexibility index (Phi) is 3.60. The molecule has 1 aliphatic rings. The summed E-state index contributed by atoms with van der Waals surface area (Å²) < 4.78 is 12.8. The Morgan fingerprint density at radius 2 is 1.89 bits per heavy atom. The summed E-state index contributed by atoms with van der Waals surface area (Å²) in [6.45, 7) is 0.438. The summed E-state index contributed by atoms with van der Waals surface area (Å²) in [5.41, 5.74) is 0.324. The second kappa shape index (κ2) is 5.16. The Morgan fingerprint density at radius 3 is 2.50 bits per heavy atom. The van der Waals surface area contributed by atoms with Crippen LogP contribution in [0.15, 0.2) is 24.3 Å². The van der Waals surface area contributed by atoms with Crippen molar-refractivity contribution < 1.29 is 19.1 Å². The quantitative estimate of drug-likeness (QED) is 0.873. The van der Waals surface area contributed by atoms with Gasteiger partial charge in [0.05, 0.1) is 0 Å². The molecule has 1 fully saturated rings. The fourth-order valence-electron chi connectivity index (χ4n) is 2.19. The molecule has 4 nitrogen and oxygen atoms in total. The zero-order valence-corrected chi connectivity index (χ0v) is 9.80. The number of carbonyl (C=O) groups is 2. The van der Waals surface area contributed by atoms with E-state index in [0.29, 0.717) is 18.5 Å². The van der Waals surface area contributed by atoms with Crippen LogP contribution in [-0.4, -0.2) is 34.5 Å².